The Kier molecular flexibility index (Phi) is 9.80. The number of anilines is 2. The average molecular weight is 544 g/mol. The second kappa shape index (κ2) is 12.8. The van der Waals surface area contributed by atoms with E-state index < -0.39 is 12.0 Å². The third kappa shape index (κ3) is 7.28. The number of rotatable bonds is 8. The van der Waals surface area contributed by atoms with Gasteiger partial charge in [-0.1, -0.05) is 70.3 Å². The molecule has 3 rings (SSSR count). The number of hydrogen-bond acceptors (Lipinski definition) is 6. The molecule has 1 aromatic carbocycles. The van der Waals surface area contributed by atoms with Crippen molar-refractivity contribution < 1.29 is 13.2 Å². The molecule has 2 heterocycles. The van der Waals surface area contributed by atoms with Crippen LogP contribution in [0.4, 0.5) is 24.8 Å². The van der Waals surface area contributed by atoms with Crippen LogP contribution < -0.4 is 15.5 Å². The molecule has 1 fully saturated rings. The second-order valence-corrected chi connectivity index (χ2v) is 9.41. The summed E-state index contributed by atoms with van der Waals surface area (Å²) in [5.41, 5.74) is 4.53. The number of nitrogens with zero attached hydrogens (tertiary/aromatic N) is 4. The maximum absolute atomic E-state index is 12.9. The molecule has 1 aromatic heterocycles. The minimum atomic E-state index is -4.79. The third-order valence-corrected chi connectivity index (χ3v) is 6.50. The molecule has 11 heteroatoms. The Labute approximate surface area is 223 Å². The highest BCUT2D eigenvalue weighted by Crippen LogP contribution is 2.24. The van der Waals surface area contributed by atoms with Gasteiger partial charge in [0.25, 0.3) is 0 Å². The van der Waals surface area contributed by atoms with Gasteiger partial charge in [-0.3, -0.25) is 10.8 Å². The van der Waals surface area contributed by atoms with Crippen molar-refractivity contribution >= 4 is 43.4 Å². The number of hydrogen-bond donors (Lipinski definition) is 3. The predicted molar refractivity (Wildman–Crippen MR) is 152 cm³/mol. The summed E-state index contributed by atoms with van der Waals surface area (Å²) in [7, 11) is 2.59. The minimum Gasteiger partial charge on any atom is -0.365 e. The molecule has 1 saturated heterocycles. The Morgan fingerprint density at radius 2 is 1.89 bits per heavy atom. The number of allylic oxidation sites excluding steroid dienone is 6. The lowest BCUT2D eigenvalue weighted by molar-refractivity contribution is -0.0671. The van der Waals surface area contributed by atoms with Crippen LogP contribution in [-0.2, 0) is 6.54 Å². The van der Waals surface area contributed by atoms with Gasteiger partial charge < -0.3 is 15.1 Å². The van der Waals surface area contributed by atoms with E-state index in [0.717, 1.165) is 23.1 Å². The van der Waals surface area contributed by atoms with E-state index >= 15 is 0 Å². The molecule has 1 aliphatic rings. The SMILES string of the molecule is C\C=C/C(=C\C(C)=C\CC)c1ccc(CNc2ncnc(N3CCN(C(=N)C(F)(F)F)C(=N)C3)c2P)cc1. The number of nitrogens with one attached hydrogen (secondary N) is 3. The lowest BCUT2D eigenvalue weighted by Crippen LogP contribution is -2.56. The van der Waals surface area contributed by atoms with Crippen molar-refractivity contribution in [1.29, 1.82) is 10.8 Å². The molecule has 0 amide bonds. The van der Waals surface area contributed by atoms with Gasteiger partial charge in [0.1, 0.15) is 23.8 Å². The first-order valence-corrected chi connectivity index (χ1v) is 12.8. The van der Waals surface area contributed by atoms with E-state index in [1.807, 2.05) is 13.0 Å². The van der Waals surface area contributed by atoms with Crippen LogP contribution in [-0.4, -0.2) is 52.3 Å². The molecule has 1 unspecified atom stereocenters. The number of halogens is 3. The number of aromatic nitrogens is 2. The fourth-order valence-electron chi connectivity index (χ4n) is 4.09. The highest BCUT2D eigenvalue weighted by molar-refractivity contribution is 7.28. The standard InChI is InChI=1S/C27H33F3N7P/c1-4-6-18(3)14-21(7-5-2)20-10-8-19(9-11-20)15-33-24-23(38)25(35-17-34-24)36-12-13-37(22(31)16-36)26(32)27(28,29)30/h5-11,14,17,31-32H,4,12-13,15-16,38H2,1-3H3,(H,33,34,35)/b7-5-,18-6+,21-14+,31-22?,32-26?. The van der Waals surface area contributed by atoms with E-state index in [0.29, 0.717) is 28.4 Å². The fraction of sp³-hybridized carbons (Fsp3) is 0.333. The van der Waals surface area contributed by atoms with E-state index in [-0.39, 0.29) is 25.5 Å². The summed E-state index contributed by atoms with van der Waals surface area (Å²) in [4.78, 5) is 11.0. The van der Waals surface area contributed by atoms with E-state index in [2.05, 4.69) is 80.9 Å². The van der Waals surface area contributed by atoms with Gasteiger partial charge in [-0.25, -0.2) is 9.97 Å². The van der Waals surface area contributed by atoms with Crippen LogP contribution in [0.2, 0.25) is 0 Å². The predicted octanol–water partition coefficient (Wildman–Crippen LogP) is 5.54. The quantitative estimate of drug-likeness (QED) is 0.176. The Bertz CT molecular complexity index is 1250. The Morgan fingerprint density at radius 1 is 1.18 bits per heavy atom. The monoisotopic (exact) mass is 543 g/mol. The third-order valence-electron chi connectivity index (χ3n) is 5.96. The van der Waals surface area contributed by atoms with Crippen LogP contribution in [0.25, 0.3) is 5.57 Å². The van der Waals surface area contributed by atoms with E-state index in [4.69, 9.17) is 10.8 Å². The smallest absolute Gasteiger partial charge is 0.365 e. The van der Waals surface area contributed by atoms with Gasteiger partial charge in [0.05, 0.1) is 11.8 Å². The van der Waals surface area contributed by atoms with Crippen molar-refractivity contribution in [2.45, 2.75) is 39.9 Å². The number of alkyl halides is 3. The molecule has 7 nitrogen and oxygen atoms in total. The van der Waals surface area contributed by atoms with Crippen LogP contribution >= 0.6 is 9.24 Å². The molecule has 0 radical (unpaired) electrons. The van der Waals surface area contributed by atoms with E-state index in [1.54, 1.807) is 4.90 Å². The van der Waals surface area contributed by atoms with Crippen molar-refractivity contribution in [1.82, 2.24) is 14.9 Å². The van der Waals surface area contributed by atoms with E-state index in [9.17, 15) is 13.2 Å². The molecule has 202 valence electrons. The topological polar surface area (TPSA) is 92.0 Å². The van der Waals surface area contributed by atoms with Crippen molar-refractivity contribution in [3.05, 3.63) is 71.6 Å². The van der Waals surface area contributed by atoms with Crippen LogP contribution in [0.1, 0.15) is 38.3 Å². The average Bonchev–Trinajstić information content (AvgIpc) is 2.87. The zero-order valence-electron chi connectivity index (χ0n) is 21.7. The second-order valence-electron chi connectivity index (χ2n) is 8.83. The fourth-order valence-corrected chi connectivity index (χ4v) is 4.53. The number of amidine groups is 2. The summed E-state index contributed by atoms with van der Waals surface area (Å²) < 4.78 is 38.8. The van der Waals surface area contributed by atoms with Gasteiger partial charge in [-0.15, -0.1) is 0 Å². The molecular formula is C27H33F3N7P. The summed E-state index contributed by atoms with van der Waals surface area (Å²) in [5, 5.41) is 19.4. The van der Waals surface area contributed by atoms with Crippen molar-refractivity contribution in [2.75, 3.05) is 29.9 Å². The largest absolute Gasteiger partial charge is 0.449 e. The zero-order chi connectivity index (χ0) is 27.9. The lowest BCUT2D eigenvalue weighted by atomic mass is 10.0. The summed E-state index contributed by atoms with van der Waals surface area (Å²) >= 11 is 0. The van der Waals surface area contributed by atoms with Gasteiger partial charge in [0.2, 0.25) is 5.84 Å². The summed E-state index contributed by atoms with van der Waals surface area (Å²) in [6.45, 7) is 6.70. The molecule has 0 saturated carbocycles. The summed E-state index contributed by atoms with van der Waals surface area (Å²) in [5.74, 6) is -0.730. The molecule has 1 aliphatic heterocycles. The molecule has 3 N–H and O–H groups in total. The molecule has 2 aromatic rings. The van der Waals surface area contributed by atoms with Gasteiger partial charge in [0, 0.05) is 19.6 Å². The van der Waals surface area contributed by atoms with Crippen LogP contribution in [0, 0.1) is 10.8 Å². The van der Waals surface area contributed by atoms with Crippen LogP contribution in [0.3, 0.4) is 0 Å². The van der Waals surface area contributed by atoms with Crippen molar-refractivity contribution in [2.24, 2.45) is 0 Å². The number of benzene rings is 1. The van der Waals surface area contributed by atoms with Crippen molar-refractivity contribution in [3.63, 3.8) is 0 Å². The highest BCUT2D eigenvalue weighted by Gasteiger charge is 2.41. The van der Waals surface area contributed by atoms with Gasteiger partial charge in [-0.05, 0) is 37.0 Å². The van der Waals surface area contributed by atoms with Crippen molar-refractivity contribution in [3.8, 4) is 0 Å². The Hall–Kier alpha value is -3.52. The molecule has 38 heavy (non-hydrogen) atoms. The summed E-state index contributed by atoms with van der Waals surface area (Å²) in [6, 6.07) is 8.27. The molecule has 1 atom stereocenters. The van der Waals surface area contributed by atoms with Gasteiger partial charge in [-0.2, -0.15) is 13.2 Å². The maximum Gasteiger partial charge on any atom is 0.449 e. The molecule has 0 aliphatic carbocycles. The Balaban J connectivity index is 1.69. The summed E-state index contributed by atoms with van der Waals surface area (Å²) in [6.07, 6.45) is 6.06. The molecular weight excluding hydrogens is 510 g/mol. The highest BCUT2D eigenvalue weighted by atomic mass is 31.0. The molecule has 0 spiro atoms. The van der Waals surface area contributed by atoms with Crippen LogP contribution in [0.15, 0.2) is 60.5 Å². The number of piperazine rings is 1. The first-order valence-electron chi connectivity index (χ1n) is 12.3. The van der Waals surface area contributed by atoms with Gasteiger partial charge in [0.15, 0.2) is 0 Å². The lowest BCUT2D eigenvalue weighted by Gasteiger charge is -2.37. The zero-order valence-corrected chi connectivity index (χ0v) is 22.9. The molecule has 0 bridgehead atoms. The van der Waals surface area contributed by atoms with Gasteiger partial charge >= 0.3 is 6.18 Å². The van der Waals surface area contributed by atoms with E-state index in [1.165, 1.54) is 11.9 Å². The normalized spacial score (nSPS) is 15.4. The minimum absolute atomic E-state index is 0.0905. The van der Waals surface area contributed by atoms with Crippen LogP contribution in [0.5, 0.6) is 0 Å². The Morgan fingerprint density at radius 3 is 2.50 bits per heavy atom. The first-order chi connectivity index (χ1) is 18.0. The first kappa shape index (κ1) is 29.0. The maximum atomic E-state index is 12.9.